The van der Waals surface area contributed by atoms with E-state index in [1.807, 2.05) is 12.1 Å². The molecule has 0 bridgehead atoms. The minimum absolute atomic E-state index is 0.0484. The zero-order chi connectivity index (χ0) is 11.3. The van der Waals surface area contributed by atoms with Crippen LogP contribution < -0.4 is 10.5 Å². The number of rotatable bonds is 1. The fourth-order valence-electron chi connectivity index (χ4n) is 2.69. The maximum atomic E-state index is 6.24. The van der Waals surface area contributed by atoms with Crippen LogP contribution in [-0.2, 0) is 0 Å². The van der Waals surface area contributed by atoms with E-state index in [2.05, 4.69) is 28.9 Å². The third-order valence-corrected chi connectivity index (χ3v) is 4.28. The van der Waals surface area contributed by atoms with E-state index in [-0.39, 0.29) is 11.6 Å². The van der Waals surface area contributed by atoms with Gasteiger partial charge in [-0.15, -0.1) is 0 Å². The number of halogens is 1. The van der Waals surface area contributed by atoms with Crippen LogP contribution in [-0.4, -0.2) is 5.60 Å². The first-order valence-electron chi connectivity index (χ1n) is 5.82. The molecule has 16 heavy (non-hydrogen) atoms. The van der Waals surface area contributed by atoms with Gasteiger partial charge in [0.15, 0.2) is 0 Å². The number of hydrogen-bond donors (Lipinski definition) is 1. The maximum absolute atomic E-state index is 6.24. The van der Waals surface area contributed by atoms with Gasteiger partial charge in [0.05, 0.1) is 0 Å². The Labute approximate surface area is 104 Å². The van der Waals surface area contributed by atoms with Crippen LogP contribution in [0.5, 0.6) is 5.75 Å². The van der Waals surface area contributed by atoms with Crippen molar-refractivity contribution < 1.29 is 4.74 Å². The number of ether oxygens (including phenoxy) is 1. The van der Waals surface area contributed by atoms with Gasteiger partial charge in [0.25, 0.3) is 0 Å². The Morgan fingerprint density at radius 3 is 2.88 bits per heavy atom. The minimum atomic E-state index is -0.0484. The first-order valence-corrected chi connectivity index (χ1v) is 6.62. The van der Waals surface area contributed by atoms with Gasteiger partial charge in [0.2, 0.25) is 0 Å². The molecule has 0 aromatic heterocycles. The average Bonchev–Trinajstić information content (AvgIpc) is 2.99. The molecule has 1 heterocycles. The highest BCUT2D eigenvalue weighted by Crippen LogP contribution is 2.50. The highest BCUT2D eigenvalue weighted by molar-refractivity contribution is 9.10. The second kappa shape index (κ2) is 3.47. The molecule has 0 spiro atoms. The molecule has 2 atom stereocenters. The average molecular weight is 282 g/mol. The van der Waals surface area contributed by atoms with Crippen LogP contribution in [0.1, 0.15) is 37.8 Å². The summed E-state index contributed by atoms with van der Waals surface area (Å²) < 4.78 is 7.24. The van der Waals surface area contributed by atoms with Gasteiger partial charge in [-0.3, -0.25) is 0 Å². The van der Waals surface area contributed by atoms with Crippen molar-refractivity contribution in [1.82, 2.24) is 0 Å². The van der Waals surface area contributed by atoms with Crippen molar-refractivity contribution in [2.75, 3.05) is 0 Å². The minimum Gasteiger partial charge on any atom is -0.487 e. The Morgan fingerprint density at radius 1 is 1.44 bits per heavy atom. The van der Waals surface area contributed by atoms with Crippen molar-refractivity contribution in [2.24, 2.45) is 11.7 Å². The Bertz CT molecular complexity index is 430. The topological polar surface area (TPSA) is 35.2 Å². The molecule has 1 saturated carbocycles. The van der Waals surface area contributed by atoms with Crippen LogP contribution in [0.2, 0.25) is 0 Å². The lowest BCUT2D eigenvalue weighted by atomic mass is 9.85. The highest BCUT2D eigenvalue weighted by Gasteiger charge is 2.47. The molecule has 1 fully saturated rings. The third-order valence-electron chi connectivity index (χ3n) is 3.78. The molecule has 0 saturated heterocycles. The van der Waals surface area contributed by atoms with Gasteiger partial charge in [-0.2, -0.15) is 0 Å². The molecule has 2 N–H and O–H groups in total. The van der Waals surface area contributed by atoms with Gasteiger partial charge in [-0.1, -0.05) is 22.0 Å². The number of fused-ring (bicyclic) bond motifs is 1. The van der Waals surface area contributed by atoms with Crippen LogP contribution in [0.25, 0.3) is 0 Å². The van der Waals surface area contributed by atoms with Crippen LogP contribution in [0, 0.1) is 5.92 Å². The second-order valence-electron chi connectivity index (χ2n) is 5.18. The van der Waals surface area contributed by atoms with Gasteiger partial charge in [-0.05, 0) is 37.8 Å². The van der Waals surface area contributed by atoms with Crippen LogP contribution >= 0.6 is 15.9 Å². The van der Waals surface area contributed by atoms with E-state index in [4.69, 9.17) is 10.5 Å². The zero-order valence-electron chi connectivity index (χ0n) is 9.37. The van der Waals surface area contributed by atoms with Gasteiger partial charge in [0, 0.05) is 22.5 Å². The van der Waals surface area contributed by atoms with E-state index < -0.39 is 0 Å². The molecule has 0 radical (unpaired) electrons. The molecule has 3 rings (SSSR count). The number of hydrogen-bond acceptors (Lipinski definition) is 2. The molecule has 1 aliphatic carbocycles. The van der Waals surface area contributed by atoms with Gasteiger partial charge >= 0.3 is 0 Å². The molecular formula is C13H16BrNO. The molecule has 2 aliphatic rings. The summed E-state index contributed by atoms with van der Waals surface area (Å²) in [5.74, 6) is 1.66. The van der Waals surface area contributed by atoms with Gasteiger partial charge < -0.3 is 10.5 Å². The monoisotopic (exact) mass is 281 g/mol. The van der Waals surface area contributed by atoms with E-state index in [0.29, 0.717) is 5.92 Å². The molecule has 86 valence electrons. The molecule has 2 nitrogen and oxygen atoms in total. The van der Waals surface area contributed by atoms with E-state index >= 15 is 0 Å². The summed E-state index contributed by atoms with van der Waals surface area (Å²) >= 11 is 3.48. The summed E-state index contributed by atoms with van der Waals surface area (Å²) in [6.45, 7) is 2.20. The summed E-state index contributed by atoms with van der Waals surface area (Å²) in [4.78, 5) is 0. The molecule has 2 unspecified atom stereocenters. The van der Waals surface area contributed by atoms with Crippen LogP contribution in [0.15, 0.2) is 22.7 Å². The van der Waals surface area contributed by atoms with Crippen LogP contribution in [0.3, 0.4) is 0 Å². The third kappa shape index (κ3) is 1.66. The van der Waals surface area contributed by atoms with E-state index in [1.165, 1.54) is 12.8 Å². The normalized spacial score (nSPS) is 33.1. The summed E-state index contributed by atoms with van der Waals surface area (Å²) in [5, 5.41) is 0. The standard InChI is InChI=1S/C13H16BrNO/c1-13(8-2-3-8)7-11(15)10-5-4-9(14)6-12(10)16-13/h4-6,8,11H,2-3,7,15H2,1H3. The molecule has 1 aromatic carbocycles. The first-order chi connectivity index (χ1) is 7.58. The van der Waals surface area contributed by atoms with Crippen molar-refractivity contribution in [3.63, 3.8) is 0 Å². The maximum Gasteiger partial charge on any atom is 0.126 e. The second-order valence-corrected chi connectivity index (χ2v) is 6.10. The fourth-order valence-corrected chi connectivity index (χ4v) is 3.03. The predicted molar refractivity (Wildman–Crippen MR) is 67.4 cm³/mol. The van der Waals surface area contributed by atoms with Crippen molar-refractivity contribution >= 4 is 15.9 Å². The van der Waals surface area contributed by atoms with Crippen molar-refractivity contribution in [2.45, 2.75) is 37.8 Å². The lowest BCUT2D eigenvalue weighted by molar-refractivity contribution is 0.0324. The largest absolute Gasteiger partial charge is 0.487 e. The highest BCUT2D eigenvalue weighted by atomic mass is 79.9. The fraction of sp³-hybridized carbons (Fsp3) is 0.538. The van der Waals surface area contributed by atoms with E-state index in [0.717, 1.165) is 22.2 Å². The quantitative estimate of drug-likeness (QED) is 0.856. The number of nitrogens with two attached hydrogens (primary N) is 1. The molecule has 1 aromatic rings. The molecular weight excluding hydrogens is 266 g/mol. The van der Waals surface area contributed by atoms with E-state index in [9.17, 15) is 0 Å². The summed E-state index contributed by atoms with van der Waals surface area (Å²) in [7, 11) is 0. The van der Waals surface area contributed by atoms with Crippen molar-refractivity contribution in [1.29, 1.82) is 0 Å². The lowest BCUT2D eigenvalue weighted by Gasteiger charge is -2.39. The Hall–Kier alpha value is -0.540. The molecule has 3 heteroatoms. The SMILES string of the molecule is CC1(C2CC2)CC(N)c2ccc(Br)cc2O1. The van der Waals surface area contributed by atoms with Gasteiger partial charge in [-0.25, -0.2) is 0 Å². The van der Waals surface area contributed by atoms with Crippen molar-refractivity contribution in [3.8, 4) is 5.75 Å². The van der Waals surface area contributed by atoms with Crippen molar-refractivity contribution in [3.05, 3.63) is 28.2 Å². The zero-order valence-corrected chi connectivity index (χ0v) is 11.0. The summed E-state index contributed by atoms with van der Waals surface area (Å²) in [6, 6.07) is 6.25. The Kier molecular flexibility index (Phi) is 2.30. The lowest BCUT2D eigenvalue weighted by Crippen LogP contribution is -2.42. The Morgan fingerprint density at radius 2 is 2.19 bits per heavy atom. The van der Waals surface area contributed by atoms with Gasteiger partial charge in [0.1, 0.15) is 11.4 Å². The summed E-state index contributed by atoms with van der Waals surface area (Å²) in [5.41, 5.74) is 7.33. The number of benzene rings is 1. The Balaban J connectivity index is 2.00. The smallest absolute Gasteiger partial charge is 0.126 e. The van der Waals surface area contributed by atoms with E-state index in [1.54, 1.807) is 0 Å². The molecule has 1 aliphatic heterocycles. The predicted octanol–water partition coefficient (Wildman–Crippen LogP) is 3.40. The summed E-state index contributed by atoms with van der Waals surface area (Å²) in [6.07, 6.45) is 3.51. The molecule has 0 amide bonds. The van der Waals surface area contributed by atoms with Crippen LogP contribution in [0.4, 0.5) is 0 Å². The first kappa shape index (κ1) is 10.6.